The largest absolute Gasteiger partial charge is 0.329 e. The van der Waals surface area contributed by atoms with Gasteiger partial charge in [-0.1, -0.05) is 27.7 Å². The number of hydrogen-bond acceptors (Lipinski definition) is 3. The summed E-state index contributed by atoms with van der Waals surface area (Å²) in [7, 11) is 0. The number of rotatable bonds is 9. The van der Waals surface area contributed by atoms with Gasteiger partial charge in [0.15, 0.2) is 0 Å². The molecule has 0 heterocycles. The summed E-state index contributed by atoms with van der Waals surface area (Å²) in [5.74, 6) is 0.848. The van der Waals surface area contributed by atoms with E-state index in [4.69, 9.17) is 5.73 Å². The van der Waals surface area contributed by atoms with Crippen LogP contribution in [0.2, 0.25) is 0 Å². The highest BCUT2D eigenvalue weighted by molar-refractivity contribution is 4.97. The van der Waals surface area contributed by atoms with E-state index in [1.807, 2.05) is 0 Å². The van der Waals surface area contributed by atoms with Gasteiger partial charge >= 0.3 is 0 Å². The Balaban J connectivity index is 2.48. The lowest BCUT2D eigenvalue weighted by Crippen LogP contribution is -2.52. The maximum absolute atomic E-state index is 6.14. The van der Waals surface area contributed by atoms with Crippen molar-refractivity contribution in [1.82, 2.24) is 9.80 Å². The standard InChI is InChI=1S/C16H35N3/c1-5-18(6-2)11-8-12-19(7-3)16(14-17)10-9-15(4)13-16/h15H,5-14,17H2,1-4H3. The van der Waals surface area contributed by atoms with Gasteiger partial charge in [-0.25, -0.2) is 0 Å². The van der Waals surface area contributed by atoms with Gasteiger partial charge in [0.25, 0.3) is 0 Å². The first kappa shape index (κ1) is 16.9. The smallest absolute Gasteiger partial charge is 0.0334 e. The first-order valence-electron chi connectivity index (χ1n) is 8.29. The lowest BCUT2D eigenvalue weighted by molar-refractivity contribution is 0.0959. The lowest BCUT2D eigenvalue weighted by Gasteiger charge is -2.41. The molecule has 0 amide bonds. The molecule has 3 heteroatoms. The molecule has 0 saturated heterocycles. The summed E-state index contributed by atoms with van der Waals surface area (Å²) in [6.45, 7) is 15.9. The van der Waals surface area contributed by atoms with Crippen molar-refractivity contribution >= 4 is 0 Å². The van der Waals surface area contributed by atoms with E-state index in [1.54, 1.807) is 0 Å². The molecule has 1 fully saturated rings. The predicted molar refractivity (Wildman–Crippen MR) is 84.5 cm³/mol. The zero-order valence-electron chi connectivity index (χ0n) is 13.6. The van der Waals surface area contributed by atoms with Crippen molar-refractivity contribution in [1.29, 1.82) is 0 Å². The molecule has 19 heavy (non-hydrogen) atoms. The minimum Gasteiger partial charge on any atom is -0.329 e. The first-order chi connectivity index (χ1) is 9.11. The van der Waals surface area contributed by atoms with Crippen LogP contribution in [0.5, 0.6) is 0 Å². The van der Waals surface area contributed by atoms with Crippen molar-refractivity contribution in [3.8, 4) is 0 Å². The summed E-state index contributed by atoms with van der Waals surface area (Å²) in [4.78, 5) is 5.18. The minimum absolute atomic E-state index is 0.303. The van der Waals surface area contributed by atoms with Crippen LogP contribution in [-0.4, -0.2) is 54.6 Å². The van der Waals surface area contributed by atoms with Crippen molar-refractivity contribution in [3.63, 3.8) is 0 Å². The summed E-state index contributed by atoms with van der Waals surface area (Å²) in [6, 6.07) is 0. The zero-order valence-corrected chi connectivity index (χ0v) is 13.6. The Morgan fingerprint density at radius 2 is 1.79 bits per heavy atom. The van der Waals surface area contributed by atoms with E-state index >= 15 is 0 Å². The predicted octanol–water partition coefficient (Wildman–Crippen LogP) is 2.56. The number of nitrogens with two attached hydrogens (primary N) is 1. The molecule has 0 aromatic carbocycles. The van der Waals surface area contributed by atoms with Crippen LogP contribution in [0, 0.1) is 5.92 Å². The van der Waals surface area contributed by atoms with Gasteiger partial charge in [0.1, 0.15) is 0 Å². The van der Waals surface area contributed by atoms with Gasteiger partial charge < -0.3 is 10.6 Å². The van der Waals surface area contributed by atoms with E-state index in [2.05, 4.69) is 37.5 Å². The highest BCUT2D eigenvalue weighted by Crippen LogP contribution is 2.38. The Morgan fingerprint density at radius 1 is 1.11 bits per heavy atom. The highest BCUT2D eigenvalue weighted by atomic mass is 15.2. The van der Waals surface area contributed by atoms with Crippen LogP contribution in [-0.2, 0) is 0 Å². The zero-order chi connectivity index (χ0) is 14.3. The third-order valence-corrected chi connectivity index (χ3v) is 5.06. The number of hydrogen-bond donors (Lipinski definition) is 1. The van der Waals surface area contributed by atoms with E-state index in [1.165, 1.54) is 51.9 Å². The second-order valence-corrected chi connectivity index (χ2v) is 6.24. The second-order valence-electron chi connectivity index (χ2n) is 6.24. The third-order valence-electron chi connectivity index (χ3n) is 5.06. The normalized spacial score (nSPS) is 27.6. The van der Waals surface area contributed by atoms with Gasteiger partial charge in [0.2, 0.25) is 0 Å². The van der Waals surface area contributed by atoms with Crippen LogP contribution in [0.1, 0.15) is 53.4 Å². The molecule has 114 valence electrons. The number of nitrogens with zero attached hydrogens (tertiary/aromatic N) is 2. The second kappa shape index (κ2) is 8.23. The van der Waals surface area contributed by atoms with Gasteiger partial charge in [-0.3, -0.25) is 4.90 Å². The molecule has 0 bridgehead atoms. The molecule has 0 spiro atoms. The quantitative estimate of drug-likeness (QED) is 0.698. The molecular weight excluding hydrogens is 234 g/mol. The van der Waals surface area contributed by atoms with Gasteiger partial charge in [-0.2, -0.15) is 0 Å². The molecule has 3 nitrogen and oxygen atoms in total. The fourth-order valence-corrected chi connectivity index (χ4v) is 3.73. The van der Waals surface area contributed by atoms with Crippen LogP contribution in [0.25, 0.3) is 0 Å². The molecule has 2 atom stereocenters. The molecule has 1 saturated carbocycles. The molecular formula is C16H35N3. The van der Waals surface area contributed by atoms with E-state index in [0.717, 1.165) is 19.0 Å². The summed E-state index contributed by atoms with van der Waals surface area (Å²) in [5.41, 5.74) is 6.44. The Labute approximate surface area is 120 Å². The van der Waals surface area contributed by atoms with Crippen LogP contribution in [0.4, 0.5) is 0 Å². The summed E-state index contributed by atoms with van der Waals surface area (Å²) < 4.78 is 0. The third kappa shape index (κ3) is 4.44. The van der Waals surface area contributed by atoms with Crippen LogP contribution in [0.15, 0.2) is 0 Å². The van der Waals surface area contributed by atoms with Gasteiger partial charge in [-0.15, -0.1) is 0 Å². The van der Waals surface area contributed by atoms with Crippen molar-refractivity contribution < 1.29 is 0 Å². The summed E-state index contributed by atoms with van der Waals surface area (Å²) in [5, 5.41) is 0. The topological polar surface area (TPSA) is 32.5 Å². The van der Waals surface area contributed by atoms with E-state index in [-0.39, 0.29) is 0 Å². The monoisotopic (exact) mass is 269 g/mol. The van der Waals surface area contributed by atoms with E-state index in [9.17, 15) is 0 Å². The number of likely N-dealkylation sites (N-methyl/N-ethyl adjacent to an activating group) is 1. The van der Waals surface area contributed by atoms with Crippen molar-refractivity contribution in [2.24, 2.45) is 11.7 Å². The van der Waals surface area contributed by atoms with E-state index in [0.29, 0.717) is 5.54 Å². The van der Waals surface area contributed by atoms with Crippen LogP contribution in [0.3, 0.4) is 0 Å². The van der Waals surface area contributed by atoms with Crippen molar-refractivity contribution in [3.05, 3.63) is 0 Å². The molecule has 2 N–H and O–H groups in total. The Kier molecular flexibility index (Phi) is 7.33. The average molecular weight is 269 g/mol. The fraction of sp³-hybridized carbons (Fsp3) is 1.00. The van der Waals surface area contributed by atoms with Gasteiger partial charge in [-0.05, 0) is 64.3 Å². The molecule has 1 rings (SSSR count). The molecule has 1 aliphatic rings. The Bertz CT molecular complexity index is 240. The molecule has 0 aromatic heterocycles. The van der Waals surface area contributed by atoms with E-state index < -0.39 is 0 Å². The minimum atomic E-state index is 0.303. The molecule has 0 radical (unpaired) electrons. The first-order valence-corrected chi connectivity index (χ1v) is 8.29. The SMILES string of the molecule is CCN(CC)CCCN(CC)C1(CN)CCC(C)C1. The van der Waals surface area contributed by atoms with Crippen LogP contribution >= 0.6 is 0 Å². The fourth-order valence-electron chi connectivity index (χ4n) is 3.73. The lowest BCUT2D eigenvalue weighted by atomic mass is 9.93. The Hall–Kier alpha value is -0.120. The molecule has 2 unspecified atom stereocenters. The van der Waals surface area contributed by atoms with Crippen molar-refractivity contribution in [2.45, 2.75) is 58.9 Å². The highest BCUT2D eigenvalue weighted by Gasteiger charge is 2.40. The maximum atomic E-state index is 6.14. The van der Waals surface area contributed by atoms with Crippen LogP contribution < -0.4 is 5.73 Å². The molecule has 1 aliphatic carbocycles. The van der Waals surface area contributed by atoms with Crippen molar-refractivity contribution in [2.75, 3.05) is 39.3 Å². The van der Waals surface area contributed by atoms with Gasteiger partial charge in [0, 0.05) is 12.1 Å². The molecule has 0 aromatic rings. The molecule has 0 aliphatic heterocycles. The average Bonchev–Trinajstić information content (AvgIpc) is 2.82. The maximum Gasteiger partial charge on any atom is 0.0334 e. The summed E-state index contributed by atoms with van der Waals surface area (Å²) in [6.07, 6.45) is 5.21. The summed E-state index contributed by atoms with van der Waals surface area (Å²) >= 11 is 0. The van der Waals surface area contributed by atoms with Gasteiger partial charge in [0.05, 0.1) is 0 Å². The Morgan fingerprint density at radius 3 is 2.21 bits per heavy atom.